The molecule has 1 aromatic carbocycles. The van der Waals surface area contributed by atoms with E-state index < -0.39 is 17.9 Å². The van der Waals surface area contributed by atoms with Crippen LogP contribution in [0, 0.1) is 11.3 Å². The van der Waals surface area contributed by atoms with Gasteiger partial charge in [-0.25, -0.2) is 4.79 Å². The summed E-state index contributed by atoms with van der Waals surface area (Å²) in [4.78, 5) is 30.7. The van der Waals surface area contributed by atoms with Gasteiger partial charge in [-0.1, -0.05) is 0 Å². The quantitative estimate of drug-likeness (QED) is 0.738. The molecule has 0 aliphatic carbocycles. The van der Waals surface area contributed by atoms with Crippen LogP contribution in [0.3, 0.4) is 0 Å². The molecule has 1 atom stereocenters. The predicted octanol–water partition coefficient (Wildman–Crippen LogP) is 1.51. The predicted molar refractivity (Wildman–Crippen MR) is 96.6 cm³/mol. The van der Waals surface area contributed by atoms with Gasteiger partial charge >= 0.3 is 17.9 Å². The van der Waals surface area contributed by atoms with Crippen molar-refractivity contribution in [1.82, 2.24) is 20.6 Å². The first-order valence-corrected chi connectivity index (χ1v) is 8.76. The Balaban J connectivity index is 1.66. The molecule has 0 radical (unpaired) electrons. The van der Waals surface area contributed by atoms with Crippen LogP contribution in [0.1, 0.15) is 29.1 Å². The minimum Gasteiger partial charge on any atom is -0.496 e. The summed E-state index contributed by atoms with van der Waals surface area (Å²) in [7, 11) is 3.00. The van der Waals surface area contributed by atoms with Crippen LogP contribution in [0.2, 0.25) is 0 Å². The Bertz CT molecular complexity index is 937. The Labute approximate surface area is 166 Å². The highest BCUT2D eigenvalue weighted by Crippen LogP contribution is 2.29. The lowest BCUT2D eigenvalue weighted by atomic mass is 10.1. The number of aromatic nitrogens is 2. The summed E-state index contributed by atoms with van der Waals surface area (Å²) in [5, 5.41) is 16.5. The molecular formula is C18H19N5O6. The van der Waals surface area contributed by atoms with Gasteiger partial charge < -0.3 is 23.6 Å². The molecule has 1 N–H and O–H groups in total. The second kappa shape index (κ2) is 9.03. The highest BCUT2D eigenvalue weighted by molar-refractivity contribution is 5.89. The van der Waals surface area contributed by atoms with E-state index in [1.54, 1.807) is 19.2 Å². The van der Waals surface area contributed by atoms with Gasteiger partial charge in [-0.15, -0.1) is 10.2 Å². The highest BCUT2D eigenvalue weighted by atomic mass is 16.7. The number of methoxy groups -OCH3 is 2. The number of ether oxygens (including phenoxy) is 2. The summed E-state index contributed by atoms with van der Waals surface area (Å²) >= 11 is 0. The van der Waals surface area contributed by atoms with Crippen LogP contribution >= 0.6 is 0 Å². The maximum atomic E-state index is 12.2. The monoisotopic (exact) mass is 401 g/mol. The average Bonchev–Trinajstić information content (AvgIpc) is 3.41. The van der Waals surface area contributed by atoms with Crippen molar-refractivity contribution in [2.45, 2.75) is 18.9 Å². The molecule has 152 valence electrons. The molecule has 11 heteroatoms. The summed E-state index contributed by atoms with van der Waals surface area (Å²) in [6.07, 6.45) is 0.933. The molecule has 0 bridgehead atoms. The van der Waals surface area contributed by atoms with Crippen molar-refractivity contribution in [1.29, 1.82) is 5.26 Å². The number of benzene rings is 1. The van der Waals surface area contributed by atoms with E-state index in [-0.39, 0.29) is 11.9 Å². The second-order valence-corrected chi connectivity index (χ2v) is 6.18. The van der Waals surface area contributed by atoms with Gasteiger partial charge in [0.05, 0.1) is 37.0 Å². The molecule has 2 heterocycles. The molecule has 1 saturated heterocycles. The molecule has 0 spiro atoms. The second-order valence-electron chi connectivity index (χ2n) is 6.18. The Morgan fingerprint density at radius 3 is 2.93 bits per heavy atom. The molecule has 11 nitrogen and oxygen atoms in total. The number of amides is 2. The van der Waals surface area contributed by atoms with Crippen LogP contribution in [0.25, 0.3) is 11.5 Å². The first-order chi connectivity index (χ1) is 14.1. The maximum absolute atomic E-state index is 12.2. The van der Waals surface area contributed by atoms with Crippen molar-refractivity contribution >= 4 is 12.0 Å². The summed E-state index contributed by atoms with van der Waals surface area (Å²) in [5.74, 6) is -0.915. The Morgan fingerprint density at radius 1 is 1.38 bits per heavy atom. The van der Waals surface area contributed by atoms with Crippen molar-refractivity contribution in [2.75, 3.05) is 27.4 Å². The van der Waals surface area contributed by atoms with Gasteiger partial charge in [0.2, 0.25) is 0 Å². The lowest BCUT2D eigenvalue weighted by Gasteiger charge is -2.22. The number of carbonyl (C=O) groups excluding carboxylic acids is 2. The zero-order valence-electron chi connectivity index (χ0n) is 15.9. The highest BCUT2D eigenvalue weighted by Gasteiger charge is 2.31. The van der Waals surface area contributed by atoms with E-state index in [0.717, 1.165) is 12.8 Å². The van der Waals surface area contributed by atoms with Crippen molar-refractivity contribution in [3.8, 4) is 23.3 Å². The van der Waals surface area contributed by atoms with Crippen LogP contribution < -0.4 is 10.2 Å². The molecular weight excluding hydrogens is 382 g/mol. The molecule has 0 saturated carbocycles. The molecule has 1 aromatic heterocycles. The number of nitrogens with one attached hydrogen (secondary N) is 1. The van der Waals surface area contributed by atoms with Gasteiger partial charge in [0.15, 0.2) is 0 Å². The summed E-state index contributed by atoms with van der Waals surface area (Å²) < 4.78 is 15.6. The minimum absolute atomic E-state index is 0.0184. The Kier molecular flexibility index (Phi) is 6.25. The molecule has 1 aliphatic heterocycles. The normalized spacial score (nSPS) is 15.6. The molecule has 1 unspecified atom stereocenters. The molecule has 3 rings (SSSR count). The SMILES string of the molecule is COCC1CCCN1C(=O)ONC(=O)c1nnc(-c2cc(C#N)ccc2OC)o1. The fraction of sp³-hybridized carbons (Fsp3) is 0.389. The van der Waals surface area contributed by atoms with Gasteiger partial charge in [-0.3, -0.25) is 4.79 Å². The number of likely N-dealkylation sites (tertiary alicyclic amines) is 1. The Morgan fingerprint density at radius 2 is 2.21 bits per heavy atom. The van der Waals surface area contributed by atoms with Gasteiger partial charge in [-0.05, 0) is 31.0 Å². The number of hydroxylamine groups is 1. The van der Waals surface area contributed by atoms with E-state index in [1.807, 2.05) is 11.5 Å². The average molecular weight is 401 g/mol. The molecule has 2 amide bonds. The van der Waals surface area contributed by atoms with Crippen molar-refractivity contribution in [2.24, 2.45) is 0 Å². The smallest absolute Gasteiger partial charge is 0.434 e. The lowest BCUT2D eigenvalue weighted by Crippen LogP contribution is -2.41. The van der Waals surface area contributed by atoms with Crippen LogP contribution in [-0.2, 0) is 9.57 Å². The number of carbonyl (C=O) groups is 2. The third-order valence-corrected chi connectivity index (χ3v) is 4.38. The maximum Gasteiger partial charge on any atom is 0.434 e. The van der Waals surface area contributed by atoms with Crippen LogP contribution in [0.5, 0.6) is 5.75 Å². The fourth-order valence-electron chi connectivity index (χ4n) is 3.00. The summed E-state index contributed by atoms with van der Waals surface area (Å²) in [6, 6.07) is 6.54. The largest absolute Gasteiger partial charge is 0.496 e. The van der Waals surface area contributed by atoms with Crippen molar-refractivity contribution in [3.05, 3.63) is 29.7 Å². The molecule has 29 heavy (non-hydrogen) atoms. The van der Waals surface area contributed by atoms with Crippen molar-refractivity contribution in [3.63, 3.8) is 0 Å². The summed E-state index contributed by atoms with van der Waals surface area (Å²) in [5.41, 5.74) is 2.72. The third kappa shape index (κ3) is 4.44. The van der Waals surface area contributed by atoms with Crippen LogP contribution in [-0.4, -0.2) is 60.5 Å². The van der Waals surface area contributed by atoms with Gasteiger partial charge in [0, 0.05) is 13.7 Å². The summed E-state index contributed by atoms with van der Waals surface area (Å²) in [6.45, 7) is 0.905. The van der Waals surface area contributed by atoms with E-state index in [0.29, 0.717) is 30.0 Å². The lowest BCUT2D eigenvalue weighted by molar-refractivity contribution is 0.0313. The number of nitrogens with zero attached hydrogens (tertiary/aromatic N) is 4. The Hall–Kier alpha value is -3.65. The molecule has 1 aliphatic rings. The van der Waals surface area contributed by atoms with E-state index in [4.69, 9.17) is 24.0 Å². The first-order valence-electron chi connectivity index (χ1n) is 8.76. The van der Waals surface area contributed by atoms with Gasteiger partial charge in [0.1, 0.15) is 5.75 Å². The van der Waals surface area contributed by atoms with E-state index >= 15 is 0 Å². The topological polar surface area (TPSA) is 140 Å². The van der Waals surface area contributed by atoms with Gasteiger partial charge in [-0.2, -0.15) is 10.7 Å². The van der Waals surface area contributed by atoms with Crippen LogP contribution in [0.15, 0.2) is 22.6 Å². The number of hydrogen-bond acceptors (Lipinski definition) is 9. The van der Waals surface area contributed by atoms with E-state index in [9.17, 15) is 9.59 Å². The first kappa shape index (κ1) is 20.1. The van der Waals surface area contributed by atoms with E-state index in [1.165, 1.54) is 18.1 Å². The number of rotatable bonds is 5. The third-order valence-electron chi connectivity index (χ3n) is 4.38. The zero-order valence-corrected chi connectivity index (χ0v) is 15.9. The molecule has 1 fully saturated rings. The van der Waals surface area contributed by atoms with Crippen molar-refractivity contribution < 1.29 is 28.3 Å². The van der Waals surface area contributed by atoms with Crippen LogP contribution in [0.4, 0.5) is 4.79 Å². The van der Waals surface area contributed by atoms with Gasteiger partial charge in [0.25, 0.3) is 5.89 Å². The fourth-order valence-corrected chi connectivity index (χ4v) is 3.00. The molecule has 2 aromatic rings. The standard InChI is InChI=1S/C18H19N5O6/c1-26-10-12-4-3-7-23(12)18(25)29-22-15(24)17-21-20-16(28-17)13-8-11(9-19)5-6-14(13)27-2/h5-6,8,12H,3-4,7,10H2,1-2H3,(H,22,24). The zero-order chi connectivity index (χ0) is 20.8. The van der Waals surface area contributed by atoms with E-state index in [2.05, 4.69) is 10.2 Å². The minimum atomic E-state index is -0.880. The number of nitriles is 1. The number of hydrogen-bond donors (Lipinski definition) is 1.